The molecular weight excluding hydrogens is 2080 g/mol. The number of benzene rings is 8. The zero-order chi connectivity index (χ0) is 104. The molecule has 4 fully saturated rings. The summed E-state index contributed by atoms with van der Waals surface area (Å²) < 4.78 is 149. The summed E-state index contributed by atoms with van der Waals surface area (Å²) >= 11 is 13.6. The van der Waals surface area contributed by atoms with Crippen LogP contribution in [0.25, 0.3) is 21.8 Å². The van der Waals surface area contributed by atoms with Gasteiger partial charge >= 0.3 is 6.36 Å². The van der Waals surface area contributed by atoms with Gasteiger partial charge in [-0.05, 0) is 238 Å². The molecule has 147 heavy (non-hydrogen) atoms. The summed E-state index contributed by atoms with van der Waals surface area (Å²) in [4.78, 5) is 114. The van der Waals surface area contributed by atoms with E-state index in [0.717, 1.165) is 75.2 Å². The molecule has 5 aliphatic rings. The molecule has 792 valence electrons. The maximum atomic E-state index is 13.6. The molecule has 0 aliphatic carbocycles. The van der Waals surface area contributed by atoms with E-state index < -0.39 is 65.2 Å². The number of para-hydroxylation sites is 1. The monoisotopic (exact) mass is 2200 g/mol. The first kappa shape index (κ1) is 107. The molecule has 49 heteroatoms. The van der Waals surface area contributed by atoms with Crippen LogP contribution in [0.4, 0.5) is 68.5 Å². The number of carbonyl (C=O) groups is 6. The number of ketones is 1. The highest BCUT2D eigenvalue weighted by Crippen LogP contribution is 2.36. The average Bonchev–Trinajstić information content (AvgIpc) is 1.78. The number of rotatable bonds is 26. The van der Waals surface area contributed by atoms with Crippen LogP contribution in [0.5, 0.6) is 5.75 Å². The van der Waals surface area contributed by atoms with Gasteiger partial charge in [-0.15, -0.1) is 47.2 Å². The van der Waals surface area contributed by atoms with Crippen molar-refractivity contribution in [1.82, 2.24) is 53.7 Å². The fourth-order valence-corrected chi connectivity index (χ4v) is 23.2. The summed E-state index contributed by atoms with van der Waals surface area (Å²) in [6.45, 7) is 12.6. The lowest BCUT2D eigenvalue weighted by Gasteiger charge is -2.44. The molecular formula is C98H121Cl2F3N21O16S7-. The second-order valence-corrected chi connectivity index (χ2v) is 43.7. The van der Waals surface area contributed by atoms with Gasteiger partial charge in [-0.1, -0.05) is 41.4 Å². The summed E-state index contributed by atoms with van der Waals surface area (Å²) in [7, 11) is -11.2. The normalized spacial score (nSPS) is 15.7. The van der Waals surface area contributed by atoms with E-state index >= 15 is 0 Å². The highest BCUT2D eigenvalue weighted by molar-refractivity contribution is 7.93. The molecule has 8 aromatic carbocycles. The van der Waals surface area contributed by atoms with Gasteiger partial charge in [0.25, 0.3) is 36.0 Å². The minimum atomic E-state index is -4.75. The van der Waals surface area contributed by atoms with Crippen LogP contribution in [0.1, 0.15) is 45.8 Å². The first-order valence-electron chi connectivity index (χ1n) is 46.0. The first-order valence-corrected chi connectivity index (χ1v) is 54.9. The van der Waals surface area contributed by atoms with Crippen LogP contribution in [0.15, 0.2) is 273 Å². The Kier molecular flexibility index (Phi) is 35.2. The quantitative estimate of drug-likeness (QED) is 0.0217. The Labute approximate surface area is 884 Å². The minimum Gasteiger partial charge on any atom is -0.768 e. The SMILES string of the molecule is CC(Nc1ccc(OC(F)(F)F)cc1)C(=O)N1CCN(c2ccc(S(=O)[O-])cc2)CC1.C[C@H](C(=O)N1CCN(c2ccc(S(=O)(=O)Nc3nccs3)cc2)C[C@@H]1CO)N1CCCc2cc(Cl)ccc21.Cc1cc2cc(Cl)ccc2n1CC(=O)N1CCN(c2ccc(S(=O)(=O)Nc3nccs3)cc2)C(=O)C1.Nc1ccncn1.O=C(Cn1ccc2ccccc21)C(=O)N1CCN(c2ccc(S(=O)(=O)Nc3nccs3)cc2)CC1.[HH].[HH].[HH].[HH].[HH].[HH].[HH].[HH].[HH].[HH]. The number of amides is 5. The third kappa shape index (κ3) is 27.9. The molecule has 37 nitrogen and oxygen atoms in total. The number of thiazole rings is 3. The van der Waals surface area contributed by atoms with Crippen LogP contribution in [0, 0.1) is 6.92 Å². The van der Waals surface area contributed by atoms with Crippen molar-refractivity contribution >= 4 is 211 Å². The van der Waals surface area contributed by atoms with Gasteiger partial charge in [-0.2, -0.15) is 0 Å². The van der Waals surface area contributed by atoms with E-state index in [0.29, 0.717) is 123 Å². The smallest absolute Gasteiger partial charge is 0.573 e. The number of piperazine rings is 4. The van der Waals surface area contributed by atoms with Crippen LogP contribution >= 0.6 is 57.2 Å². The van der Waals surface area contributed by atoms with E-state index in [1.165, 1.54) is 107 Å². The molecule has 14 aromatic rings. The Morgan fingerprint density at radius 3 is 1.63 bits per heavy atom. The number of ether oxygens (including phenoxy) is 1. The molecule has 0 spiro atoms. The lowest BCUT2D eigenvalue weighted by atomic mass is 9.99. The van der Waals surface area contributed by atoms with Crippen molar-refractivity contribution in [3.05, 3.63) is 275 Å². The van der Waals surface area contributed by atoms with E-state index in [4.69, 9.17) is 28.9 Å². The predicted octanol–water partition coefficient (Wildman–Crippen LogP) is 15.5. The number of nitrogen functional groups attached to an aromatic ring is 1. The van der Waals surface area contributed by atoms with Gasteiger partial charge in [0.15, 0.2) is 15.4 Å². The van der Waals surface area contributed by atoms with E-state index in [9.17, 15) is 81.1 Å². The molecule has 2 unspecified atom stereocenters. The number of nitrogens with two attached hydrogens (primary N) is 1. The minimum absolute atomic E-state index is 0. The number of hydrogen-bond acceptors (Lipinski definition) is 30. The summed E-state index contributed by atoms with van der Waals surface area (Å²) in [5.74, 6) is -1.24. The predicted molar refractivity (Wildman–Crippen MR) is 582 cm³/mol. The number of Topliss-reactive ketones (excluding diaryl/α,β-unsaturated/α-hetero) is 1. The second kappa shape index (κ2) is 48.2. The Balaban J connectivity index is 0.000000352. The Hall–Kier alpha value is -13.9. The zero-order valence-electron chi connectivity index (χ0n) is 79.2. The third-order valence-corrected chi connectivity index (χ3v) is 32.3. The average molecular weight is 2200 g/mol. The van der Waals surface area contributed by atoms with Crippen molar-refractivity contribution in [2.45, 2.75) is 90.8 Å². The number of aliphatic hydroxyl groups excluding tert-OH is 1. The Morgan fingerprint density at radius 1 is 0.578 bits per heavy atom. The molecule has 5 amide bonds. The maximum Gasteiger partial charge on any atom is 0.573 e. The number of sulfonamides is 3. The van der Waals surface area contributed by atoms with Gasteiger partial charge < -0.3 is 78.7 Å². The second-order valence-electron chi connectivity index (χ2n) is 34.1. The molecule has 11 heterocycles. The van der Waals surface area contributed by atoms with Crippen LogP contribution in [-0.2, 0) is 89.4 Å². The zero-order valence-corrected chi connectivity index (χ0v) is 86.4. The standard InChI is InChI=1S/C26H30ClN5O4S2.C24H22ClN5O4S2.C24H23N5O4S2.C20H22F3N3O4S.C4H5N3.10H2/c1-18(31-11-2-3-19-15-20(27)4-9-24(19)31)25(34)32-13-12-30(16-22(32)17-33)21-5-7-23(8-6-21)38(35,36)29-26-28-10-14-37-26;1-16-12-17-13-18(25)2-7-21(17)30(16)15-22(31)28-9-10-29(23(32)14-28)19-3-5-20(6-4-19)36(33,34)27-24-26-8-11-35-24;30-22(17-29-11-9-18-3-1-2-4-21(18)29)23(31)28-14-12-27(13-15-28)19-5-7-20(8-6-19)35(32,33)26-24-25-10-16-34-24;1-14(24-15-2-6-17(7-3-15)30-20(21,22)23)19(27)26-12-10-25(11-13-26)16-4-8-18(9-5-16)31(28)29;5-4-1-2-6-3-7-4;;;;;;;;;;/h4-10,14-15,18,22,33H,2-3,11-13,16-17H2,1H3,(H,28,29);2-8,11-13H,9-10,14-15H2,1H3,(H,26,27);1-11,16H,12-15,17H2,(H,25,26);2-9,14,24H,10-13H2,1H3,(H,28,29);1-3H,(H2,5,6,7);10*1H/p-1/t18-,22-;;;;;;;;;;;;;;/m1............../s1. The number of anilines is 10. The van der Waals surface area contributed by atoms with Gasteiger partial charge in [0, 0.05) is 224 Å². The number of carbonyl (C=O) groups excluding carboxylic acids is 6. The fourth-order valence-electron chi connectivity index (χ4n) is 17.1. The summed E-state index contributed by atoms with van der Waals surface area (Å²) in [6, 6.07) is 54.3. The Bertz CT molecular complexity index is 7370. The maximum absolute atomic E-state index is 13.6. The van der Waals surface area contributed by atoms with Gasteiger partial charge in [-0.3, -0.25) is 47.1 Å². The van der Waals surface area contributed by atoms with Gasteiger partial charge in [0.2, 0.25) is 29.4 Å². The number of fused-ring (bicyclic) bond motifs is 3. The number of aryl methyl sites for hydroxylation is 2. The number of nitrogens with zero attached hydrogens (tertiary/aromatic N) is 16. The highest BCUT2D eigenvalue weighted by atomic mass is 35.5. The number of alkyl halides is 3. The van der Waals surface area contributed by atoms with Crippen molar-refractivity contribution in [2.75, 3.05) is 154 Å². The fraction of sp³-hybridized carbons (Fsp3) is 0.276. The van der Waals surface area contributed by atoms with Crippen molar-refractivity contribution in [3.63, 3.8) is 0 Å². The number of nitrogens with one attached hydrogen (secondary N) is 4. The number of aliphatic hydroxyl groups is 1. The van der Waals surface area contributed by atoms with Crippen LogP contribution in [0.2, 0.25) is 10.0 Å². The van der Waals surface area contributed by atoms with Crippen LogP contribution in [-0.4, -0.2) is 257 Å². The molecule has 7 N–H and O–H groups in total. The van der Waals surface area contributed by atoms with E-state index in [1.807, 2.05) is 91.3 Å². The number of aromatic nitrogens is 7. The van der Waals surface area contributed by atoms with Crippen molar-refractivity contribution < 1.29 is 100 Å². The van der Waals surface area contributed by atoms with E-state index in [1.54, 1.807) is 143 Å². The van der Waals surface area contributed by atoms with Crippen molar-refractivity contribution in [2.24, 2.45) is 0 Å². The van der Waals surface area contributed by atoms with Crippen molar-refractivity contribution in [3.8, 4) is 5.75 Å². The lowest BCUT2D eigenvalue weighted by molar-refractivity contribution is -0.274. The topological polar surface area (TPSA) is 452 Å². The number of hydrogen-bond donors (Lipinski definition) is 6. The van der Waals surface area contributed by atoms with E-state index in [-0.39, 0.29) is 107 Å². The molecule has 4 saturated heterocycles. The van der Waals surface area contributed by atoms with Crippen LogP contribution in [0.3, 0.4) is 0 Å². The third-order valence-electron chi connectivity index (χ3n) is 24.6. The van der Waals surface area contributed by atoms with Crippen molar-refractivity contribution in [1.29, 1.82) is 0 Å². The molecule has 0 saturated carbocycles. The molecule has 0 radical (unpaired) electrons. The molecule has 5 aliphatic heterocycles. The number of halogens is 5. The lowest BCUT2D eigenvalue weighted by Crippen LogP contribution is -2.60. The first-order chi connectivity index (χ1) is 70.4. The summed E-state index contributed by atoms with van der Waals surface area (Å²) in [6.07, 6.45) is 6.56. The summed E-state index contributed by atoms with van der Waals surface area (Å²) in [5, 5.41) is 22.5. The van der Waals surface area contributed by atoms with Crippen LogP contribution < -0.4 is 54.5 Å². The largest absolute Gasteiger partial charge is 0.768 e. The van der Waals surface area contributed by atoms with Gasteiger partial charge in [0.1, 0.15) is 43.1 Å². The molecule has 19 rings (SSSR count). The van der Waals surface area contributed by atoms with Gasteiger partial charge in [0.05, 0.1) is 33.9 Å². The molecule has 6 aromatic heterocycles. The highest BCUT2D eigenvalue weighted by Gasteiger charge is 2.38. The van der Waals surface area contributed by atoms with E-state index in [2.05, 4.69) is 68.7 Å². The Morgan fingerprint density at radius 2 is 1.11 bits per heavy atom. The molecule has 4 atom stereocenters. The summed E-state index contributed by atoms with van der Waals surface area (Å²) in [5.41, 5.74) is 13.8. The molecule has 0 bridgehead atoms. The van der Waals surface area contributed by atoms with Gasteiger partial charge in [-0.25, -0.2) is 50.2 Å².